The lowest BCUT2D eigenvalue weighted by Gasteiger charge is -2.33. The molecule has 2 aromatic carbocycles. The largest absolute Gasteiger partial charge is 0.350 e. The molecule has 0 aliphatic carbocycles. The minimum atomic E-state index is -0.551. The fraction of sp³-hybridized carbons (Fsp3) is 0.417. The van der Waals surface area contributed by atoms with Crippen molar-refractivity contribution < 1.29 is 9.59 Å². The summed E-state index contributed by atoms with van der Waals surface area (Å²) >= 11 is 7.90. The predicted molar refractivity (Wildman–Crippen MR) is 127 cm³/mol. The van der Waals surface area contributed by atoms with Crippen LogP contribution in [0, 0.1) is 0 Å². The Morgan fingerprint density at radius 3 is 2.30 bits per heavy atom. The van der Waals surface area contributed by atoms with Crippen molar-refractivity contribution in [3.63, 3.8) is 0 Å². The van der Waals surface area contributed by atoms with Gasteiger partial charge in [0.25, 0.3) is 0 Å². The van der Waals surface area contributed by atoms with Crippen molar-refractivity contribution in [2.75, 3.05) is 5.75 Å². The van der Waals surface area contributed by atoms with Crippen LogP contribution in [0.15, 0.2) is 54.6 Å². The van der Waals surface area contributed by atoms with Gasteiger partial charge in [0.15, 0.2) is 0 Å². The minimum Gasteiger partial charge on any atom is -0.350 e. The van der Waals surface area contributed by atoms with Crippen LogP contribution >= 0.6 is 23.4 Å². The third-order valence-corrected chi connectivity index (χ3v) is 5.88. The molecule has 30 heavy (non-hydrogen) atoms. The molecule has 0 radical (unpaired) electrons. The van der Waals surface area contributed by atoms with Gasteiger partial charge >= 0.3 is 0 Å². The average Bonchev–Trinajstić information content (AvgIpc) is 2.68. The molecule has 162 valence electrons. The van der Waals surface area contributed by atoms with Gasteiger partial charge in [0, 0.05) is 22.9 Å². The van der Waals surface area contributed by atoms with Crippen LogP contribution in [0.2, 0.25) is 5.02 Å². The number of carbonyl (C=O) groups is 2. The minimum absolute atomic E-state index is 0.0632. The van der Waals surface area contributed by atoms with E-state index in [1.54, 1.807) is 22.7 Å². The maximum absolute atomic E-state index is 13.2. The first-order valence-corrected chi connectivity index (χ1v) is 11.7. The molecular formula is C24H31ClN2O2S. The summed E-state index contributed by atoms with van der Waals surface area (Å²) in [5.74, 6) is 0.848. The normalized spacial score (nSPS) is 12.3. The van der Waals surface area contributed by atoms with Gasteiger partial charge in [-0.2, -0.15) is 0 Å². The lowest BCUT2D eigenvalue weighted by atomic mass is 10.1. The van der Waals surface area contributed by atoms with Crippen molar-refractivity contribution >= 4 is 35.2 Å². The zero-order valence-electron chi connectivity index (χ0n) is 18.2. The predicted octanol–water partition coefficient (Wildman–Crippen LogP) is 5.30. The van der Waals surface area contributed by atoms with Gasteiger partial charge in [0.05, 0.1) is 5.75 Å². The Balaban J connectivity index is 2.17. The van der Waals surface area contributed by atoms with Gasteiger partial charge in [-0.05, 0) is 44.4 Å². The molecule has 2 amide bonds. The van der Waals surface area contributed by atoms with E-state index in [4.69, 9.17) is 11.6 Å². The second-order valence-electron chi connectivity index (χ2n) is 8.25. The Bertz CT molecular complexity index is 837. The van der Waals surface area contributed by atoms with Gasteiger partial charge in [-0.25, -0.2) is 0 Å². The average molecular weight is 447 g/mol. The third-order valence-electron chi connectivity index (χ3n) is 4.52. The van der Waals surface area contributed by atoms with E-state index < -0.39 is 6.04 Å². The number of amides is 2. The van der Waals surface area contributed by atoms with Gasteiger partial charge in [0.1, 0.15) is 6.04 Å². The van der Waals surface area contributed by atoms with Gasteiger partial charge in [-0.1, -0.05) is 67.1 Å². The molecule has 0 saturated heterocycles. The highest BCUT2D eigenvalue weighted by Gasteiger charge is 2.30. The summed E-state index contributed by atoms with van der Waals surface area (Å²) in [6.45, 7) is 8.05. The number of nitrogens with one attached hydrogen (secondary N) is 1. The molecule has 0 spiro atoms. The summed E-state index contributed by atoms with van der Waals surface area (Å²) in [4.78, 5) is 27.8. The summed E-state index contributed by atoms with van der Waals surface area (Å²) in [6, 6.07) is 17.0. The molecular weight excluding hydrogens is 416 g/mol. The second-order valence-corrected chi connectivity index (χ2v) is 9.65. The number of benzene rings is 2. The number of rotatable bonds is 9. The Morgan fingerprint density at radius 2 is 1.70 bits per heavy atom. The molecule has 1 unspecified atom stereocenters. The summed E-state index contributed by atoms with van der Waals surface area (Å²) in [7, 11) is 0. The Labute approximate surface area is 189 Å². The fourth-order valence-electron chi connectivity index (χ4n) is 3.10. The van der Waals surface area contributed by atoms with Gasteiger partial charge < -0.3 is 10.2 Å². The molecule has 4 nitrogen and oxygen atoms in total. The molecule has 2 rings (SSSR count). The van der Waals surface area contributed by atoms with E-state index >= 15 is 0 Å². The van der Waals surface area contributed by atoms with Crippen LogP contribution in [0.25, 0.3) is 0 Å². The monoisotopic (exact) mass is 446 g/mol. The van der Waals surface area contributed by atoms with Gasteiger partial charge in [-0.15, -0.1) is 11.8 Å². The first-order chi connectivity index (χ1) is 14.2. The van der Waals surface area contributed by atoms with Crippen molar-refractivity contribution in [3.8, 4) is 0 Å². The van der Waals surface area contributed by atoms with Crippen LogP contribution in [0.1, 0.15) is 45.2 Å². The van der Waals surface area contributed by atoms with Crippen LogP contribution < -0.4 is 5.32 Å². The lowest BCUT2D eigenvalue weighted by Crippen LogP contribution is -2.53. The zero-order chi connectivity index (χ0) is 22.1. The van der Waals surface area contributed by atoms with Crippen molar-refractivity contribution in [2.45, 2.75) is 58.0 Å². The number of hydrogen-bond donors (Lipinski definition) is 1. The molecule has 0 heterocycles. The van der Waals surface area contributed by atoms with Crippen LogP contribution in [0.3, 0.4) is 0 Å². The van der Waals surface area contributed by atoms with Gasteiger partial charge in [0.2, 0.25) is 11.8 Å². The third kappa shape index (κ3) is 7.69. The van der Waals surface area contributed by atoms with Crippen molar-refractivity contribution in [3.05, 3.63) is 70.7 Å². The van der Waals surface area contributed by atoms with Gasteiger partial charge in [-0.3, -0.25) is 9.59 Å². The highest BCUT2D eigenvalue weighted by molar-refractivity contribution is 7.99. The zero-order valence-corrected chi connectivity index (χ0v) is 19.7. The number of hydrogen-bond acceptors (Lipinski definition) is 3. The van der Waals surface area contributed by atoms with Crippen LogP contribution in [-0.2, 0) is 21.9 Å². The molecule has 6 heteroatoms. The summed E-state index contributed by atoms with van der Waals surface area (Å²) < 4.78 is 0. The van der Waals surface area contributed by atoms with E-state index in [1.807, 2.05) is 76.2 Å². The van der Waals surface area contributed by atoms with Crippen LogP contribution in [0.5, 0.6) is 0 Å². The Morgan fingerprint density at radius 1 is 1.07 bits per heavy atom. The first-order valence-electron chi connectivity index (χ1n) is 10.2. The molecule has 0 aliphatic heterocycles. The van der Waals surface area contributed by atoms with Crippen molar-refractivity contribution in [1.29, 1.82) is 0 Å². The smallest absolute Gasteiger partial charge is 0.243 e. The Hall–Kier alpha value is -1.98. The second kappa shape index (κ2) is 11.4. The van der Waals surface area contributed by atoms with Crippen molar-refractivity contribution in [2.24, 2.45) is 0 Å². The highest BCUT2D eigenvalue weighted by Crippen LogP contribution is 2.21. The SMILES string of the molecule is CCC(C(=O)NC(C)(C)C)N(Cc1ccccc1Cl)C(=O)CSCc1ccccc1. The molecule has 1 N–H and O–H groups in total. The molecule has 0 saturated carbocycles. The molecule has 2 aromatic rings. The van der Waals surface area contributed by atoms with E-state index in [9.17, 15) is 9.59 Å². The molecule has 0 fully saturated rings. The number of carbonyl (C=O) groups excluding carboxylic acids is 2. The number of halogens is 1. The topological polar surface area (TPSA) is 49.4 Å². The van der Waals surface area contributed by atoms with E-state index in [0.717, 1.165) is 11.3 Å². The summed E-state index contributed by atoms with van der Waals surface area (Å²) in [6.07, 6.45) is 0.529. The molecule has 1 atom stereocenters. The standard InChI is InChI=1S/C24H31ClN2O2S/c1-5-21(23(29)26-24(2,3)4)27(15-19-13-9-10-14-20(19)25)22(28)17-30-16-18-11-7-6-8-12-18/h6-14,21H,5,15-17H2,1-4H3,(H,26,29). The van der Waals surface area contributed by atoms with E-state index in [2.05, 4.69) is 5.32 Å². The van der Waals surface area contributed by atoms with E-state index in [0.29, 0.717) is 23.7 Å². The first kappa shape index (κ1) is 24.3. The van der Waals surface area contributed by atoms with Crippen molar-refractivity contribution in [1.82, 2.24) is 10.2 Å². The summed E-state index contributed by atoms with van der Waals surface area (Å²) in [5, 5.41) is 3.61. The summed E-state index contributed by atoms with van der Waals surface area (Å²) in [5.41, 5.74) is 1.64. The van der Waals surface area contributed by atoms with Crippen LogP contribution in [0.4, 0.5) is 0 Å². The molecule has 0 aliphatic rings. The highest BCUT2D eigenvalue weighted by atomic mass is 35.5. The van der Waals surface area contributed by atoms with Crippen LogP contribution in [-0.4, -0.2) is 34.0 Å². The maximum Gasteiger partial charge on any atom is 0.243 e. The molecule has 0 aromatic heterocycles. The lowest BCUT2D eigenvalue weighted by molar-refractivity contribution is -0.140. The number of thioether (sulfide) groups is 1. The molecule has 0 bridgehead atoms. The number of nitrogens with zero attached hydrogens (tertiary/aromatic N) is 1. The fourth-order valence-corrected chi connectivity index (χ4v) is 4.16. The van der Waals surface area contributed by atoms with E-state index in [1.165, 1.54) is 5.56 Å². The van der Waals surface area contributed by atoms with E-state index in [-0.39, 0.29) is 17.4 Å². The quantitative estimate of drug-likeness (QED) is 0.568. The Kier molecular flexibility index (Phi) is 9.25. The maximum atomic E-state index is 13.2.